The lowest BCUT2D eigenvalue weighted by molar-refractivity contribution is -0.121. The van der Waals surface area contributed by atoms with Gasteiger partial charge in [0.25, 0.3) is 0 Å². The highest BCUT2D eigenvalue weighted by Gasteiger charge is 2.25. The van der Waals surface area contributed by atoms with Gasteiger partial charge in [-0.25, -0.2) is 0 Å². The van der Waals surface area contributed by atoms with Crippen LogP contribution in [0.2, 0.25) is 5.02 Å². The van der Waals surface area contributed by atoms with Crippen LogP contribution in [-0.4, -0.2) is 47.9 Å². The Morgan fingerprint density at radius 3 is 2.56 bits per heavy atom. The van der Waals surface area contributed by atoms with Crippen molar-refractivity contribution in [3.63, 3.8) is 0 Å². The molecule has 3 rings (SSSR count). The van der Waals surface area contributed by atoms with E-state index in [0.29, 0.717) is 11.3 Å². The van der Waals surface area contributed by atoms with Gasteiger partial charge in [0.1, 0.15) is 0 Å². The second kappa shape index (κ2) is 9.01. The zero-order valence-corrected chi connectivity index (χ0v) is 16.1. The quantitative estimate of drug-likeness (QED) is 0.861. The smallest absolute Gasteiger partial charge is 0.241 e. The van der Waals surface area contributed by atoms with E-state index >= 15 is 0 Å². The summed E-state index contributed by atoms with van der Waals surface area (Å²) in [4.78, 5) is 17.1. The molecule has 2 aromatic rings. The zero-order chi connectivity index (χ0) is 19.2. The molecule has 0 radical (unpaired) electrons. The van der Waals surface area contributed by atoms with Crippen molar-refractivity contribution in [3.05, 3.63) is 64.7 Å². The number of carbonyl (C=O) groups excluding carboxylic acids is 1. The summed E-state index contributed by atoms with van der Waals surface area (Å²) in [5.74, 6) is -0.0451. The standard InChI is InChI=1S/C21H23ClN4O/c1-16(21(27)24-20-4-2-3-18(13-20)14-23)26-11-9-25(10-12-26)15-17-5-7-19(22)8-6-17/h2-8,13,16H,9-12,15H2,1H3,(H,24,27)/t16-/m0/s1. The first kappa shape index (κ1) is 19.4. The molecule has 1 atom stereocenters. The van der Waals surface area contributed by atoms with Crippen molar-refractivity contribution in [2.75, 3.05) is 31.5 Å². The van der Waals surface area contributed by atoms with Crippen LogP contribution in [0, 0.1) is 11.3 Å². The van der Waals surface area contributed by atoms with E-state index < -0.39 is 0 Å². The van der Waals surface area contributed by atoms with Crippen molar-refractivity contribution in [3.8, 4) is 6.07 Å². The fourth-order valence-electron chi connectivity index (χ4n) is 3.24. The van der Waals surface area contributed by atoms with Gasteiger partial charge < -0.3 is 5.32 Å². The topological polar surface area (TPSA) is 59.4 Å². The highest BCUT2D eigenvalue weighted by atomic mass is 35.5. The normalized spacial score (nSPS) is 16.5. The number of piperazine rings is 1. The van der Waals surface area contributed by atoms with Gasteiger partial charge in [-0.15, -0.1) is 0 Å². The molecule has 0 aromatic heterocycles. The number of nitrogens with zero attached hydrogens (tertiary/aromatic N) is 3. The van der Waals surface area contributed by atoms with Crippen LogP contribution in [0.4, 0.5) is 5.69 Å². The highest BCUT2D eigenvalue weighted by molar-refractivity contribution is 6.30. The third-order valence-electron chi connectivity index (χ3n) is 4.91. The van der Waals surface area contributed by atoms with Crippen LogP contribution in [0.5, 0.6) is 0 Å². The minimum Gasteiger partial charge on any atom is -0.325 e. The zero-order valence-electron chi connectivity index (χ0n) is 15.4. The predicted molar refractivity (Wildman–Crippen MR) is 108 cm³/mol. The van der Waals surface area contributed by atoms with Crippen molar-refractivity contribution >= 4 is 23.2 Å². The van der Waals surface area contributed by atoms with Crippen LogP contribution < -0.4 is 5.32 Å². The fraction of sp³-hybridized carbons (Fsp3) is 0.333. The number of benzene rings is 2. The Morgan fingerprint density at radius 2 is 1.89 bits per heavy atom. The Hall–Kier alpha value is -2.39. The van der Waals surface area contributed by atoms with Crippen molar-refractivity contribution in [1.82, 2.24) is 9.80 Å². The van der Waals surface area contributed by atoms with Gasteiger partial charge in [-0.05, 0) is 42.8 Å². The lowest BCUT2D eigenvalue weighted by Gasteiger charge is -2.37. The maximum absolute atomic E-state index is 12.6. The van der Waals surface area contributed by atoms with Gasteiger partial charge in [0.15, 0.2) is 0 Å². The lowest BCUT2D eigenvalue weighted by Crippen LogP contribution is -2.52. The van der Waals surface area contributed by atoms with E-state index in [0.717, 1.165) is 37.7 Å². The molecule has 1 heterocycles. The van der Waals surface area contributed by atoms with Crippen molar-refractivity contribution < 1.29 is 4.79 Å². The summed E-state index contributed by atoms with van der Waals surface area (Å²) in [7, 11) is 0. The molecule has 140 valence electrons. The molecule has 1 saturated heterocycles. The molecule has 1 aliphatic rings. The fourth-order valence-corrected chi connectivity index (χ4v) is 3.36. The molecule has 0 aliphatic carbocycles. The summed E-state index contributed by atoms with van der Waals surface area (Å²) in [6, 6.07) is 16.8. The highest BCUT2D eigenvalue weighted by Crippen LogP contribution is 2.15. The van der Waals surface area contributed by atoms with Gasteiger partial charge in [-0.1, -0.05) is 29.8 Å². The van der Waals surface area contributed by atoms with Crippen LogP contribution in [0.15, 0.2) is 48.5 Å². The summed E-state index contributed by atoms with van der Waals surface area (Å²) in [6.07, 6.45) is 0. The molecular formula is C21H23ClN4O. The number of hydrogen-bond acceptors (Lipinski definition) is 4. The Balaban J connectivity index is 1.50. The van der Waals surface area contributed by atoms with E-state index in [1.165, 1.54) is 5.56 Å². The molecule has 2 aromatic carbocycles. The third kappa shape index (κ3) is 5.30. The van der Waals surface area contributed by atoms with Crippen LogP contribution >= 0.6 is 11.6 Å². The van der Waals surface area contributed by atoms with Crippen LogP contribution in [-0.2, 0) is 11.3 Å². The van der Waals surface area contributed by atoms with Gasteiger partial charge in [0.2, 0.25) is 5.91 Å². The van der Waals surface area contributed by atoms with Gasteiger partial charge in [-0.2, -0.15) is 5.26 Å². The van der Waals surface area contributed by atoms with Crippen LogP contribution in [0.1, 0.15) is 18.1 Å². The number of nitriles is 1. The van der Waals surface area contributed by atoms with Gasteiger partial charge >= 0.3 is 0 Å². The number of amides is 1. The average molecular weight is 383 g/mol. The van der Waals surface area contributed by atoms with Crippen LogP contribution in [0.25, 0.3) is 0 Å². The second-order valence-corrected chi connectivity index (χ2v) is 7.23. The number of carbonyl (C=O) groups is 1. The molecule has 1 amide bonds. The van der Waals surface area contributed by atoms with Crippen molar-refractivity contribution in [2.24, 2.45) is 0 Å². The number of nitrogens with one attached hydrogen (secondary N) is 1. The van der Waals surface area contributed by atoms with Crippen LogP contribution in [0.3, 0.4) is 0 Å². The molecule has 0 bridgehead atoms. The molecule has 1 N–H and O–H groups in total. The summed E-state index contributed by atoms with van der Waals surface area (Å²) in [5.41, 5.74) is 2.44. The van der Waals surface area contributed by atoms with E-state index in [2.05, 4.69) is 33.3 Å². The van der Waals surface area contributed by atoms with Crippen molar-refractivity contribution in [1.29, 1.82) is 5.26 Å². The maximum atomic E-state index is 12.6. The second-order valence-electron chi connectivity index (χ2n) is 6.80. The first-order valence-corrected chi connectivity index (χ1v) is 9.45. The van der Waals surface area contributed by atoms with E-state index in [9.17, 15) is 4.79 Å². The largest absolute Gasteiger partial charge is 0.325 e. The molecule has 1 aliphatic heterocycles. The van der Waals surface area contributed by atoms with E-state index in [1.807, 2.05) is 19.1 Å². The number of hydrogen-bond donors (Lipinski definition) is 1. The first-order valence-electron chi connectivity index (χ1n) is 9.07. The molecule has 27 heavy (non-hydrogen) atoms. The summed E-state index contributed by atoms with van der Waals surface area (Å²) in [5, 5.41) is 12.6. The molecule has 6 heteroatoms. The molecule has 5 nitrogen and oxygen atoms in total. The maximum Gasteiger partial charge on any atom is 0.241 e. The molecule has 1 fully saturated rings. The number of rotatable bonds is 5. The average Bonchev–Trinajstić information content (AvgIpc) is 2.70. The first-order chi connectivity index (χ1) is 13.0. The SMILES string of the molecule is C[C@@H](C(=O)Nc1cccc(C#N)c1)N1CCN(Cc2ccc(Cl)cc2)CC1. The summed E-state index contributed by atoms with van der Waals surface area (Å²) < 4.78 is 0. The number of anilines is 1. The van der Waals surface area contributed by atoms with Gasteiger partial charge in [-0.3, -0.25) is 14.6 Å². The predicted octanol–water partition coefficient (Wildman–Crippen LogP) is 3.36. The Morgan fingerprint density at radius 1 is 1.19 bits per heavy atom. The summed E-state index contributed by atoms with van der Waals surface area (Å²) in [6.45, 7) is 6.36. The van der Waals surface area contributed by atoms with E-state index in [4.69, 9.17) is 16.9 Å². The Kier molecular flexibility index (Phi) is 6.46. The Bertz CT molecular complexity index is 823. The van der Waals surface area contributed by atoms with E-state index in [-0.39, 0.29) is 11.9 Å². The van der Waals surface area contributed by atoms with Crippen molar-refractivity contribution in [2.45, 2.75) is 19.5 Å². The molecular weight excluding hydrogens is 360 g/mol. The monoisotopic (exact) mass is 382 g/mol. The molecule has 0 unspecified atom stereocenters. The minimum absolute atomic E-state index is 0.0451. The van der Waals surface area contributed by atoms with Gasteiger partial charge in [0.05, 0.1) is 17.7 Å². The number of halogens is 1. The van der Waals surface area contributed by atoms with E-state index in [1.54, 1.807) is 24.3 Å². The Labute approximate surface area is 165 Å². The third-order valence-corrected chi connectivity index (χ3v) is 5.16. The molecule has 0 spiro atoms. The minimum atomic E-state index is -0.214. The summed E-state index contributed by atoms with van der Waals surface area (Å²) >= 11 is 5.94. The molecule has 0 saturated carbocycles. The lowest BCUT2D eigenvalue weighted by atomic mass is 10.1. The van der Waals surface area contributed by atoms with Gasteiger partial charge in [0, 0.05) is 43.4 Å².